The fourth-order valence-electron chi connectivity index (χ4n) is 7.08. The van der Waals surface area contributed by atoms with Gasteiger partial charge in [-0.2, -0.15) is 0 Å². The van der Waals surface area contributed by atoms with E-state index in [4.69, 9.17) is 0 Å². The second-order valence-electron chi connectivity index (χ2n) is 10.8. The number of hydrogen-bond donors (Lipinski definition) is 8. The van der Waals surface area contributed by atoms with E-state index >= 15 is 0 Å². The zero-order valence-electron chi connectivity index (χ0n) is 21.5. The van der Waals surface area contributed by atoms with Gasteiger partial charge in [-0.3, -0.25) is 9.59 Å². The Balaban J connectivity index is 2.05. The summed E-state index contributed by atoms with van der Waals surface area (Å²) in [5.41, 5.74) is -2.01. The van der Waals surface area contributed by atoms with Crippen LogP contribution in [-0.4, -0.2) is 40.9 Å². The van der Waals surface area contributed by atoms with E-state index in [1.54, 1.807) is 0 Å². The molecule has 8 rings (SSSR count). The zero-order valence-corrected chi connectivity index (χ0v) is 21.5. The molecule has 8 aromatic rings. The Kier molecular flexibility index (Phi) is 3.72. The first-order valence-electron chi connectivity index (χ1n) is 12.5. The number of hydrogen-bond acceptors (Lipinski definition) is 10. The molecule has 0 aliphatic rings. The molecule has 0 spiro atoms. The molecule has 0 bridgehead atoms. The highest BCUT2D eigenvalue weighted by Crippen LogP contribution is 2.60. The molecule has 10 heteroatoms. The lowest BCUT2D eigenvalue weighted by Gasteiger charge is -2.25. The summed E-state index contributed by atoms with van der Waals surface area (Å²) in [5, 5.41) is 88.3. The lowest BCUT2D eigenvalue weighted by Crippen LogP contribution is -2.11. The Labute approximate surface area is 226 Å². The molecular weight excluding hydrogens is 532 g/mol. The standard InChI is InChI=1S/C31H18O10/c1-5-24(34)18-10-8(32)4-9(33)11-12(10)13-14-15(18)22(28(5)38)31(41)23-17(14)20(26(36)7(3)29(23)39)19-16(13)21(30(11)40)27(37)6(2)25(19)35/h4,32-39H,1-3H3. The zero-order chi connectivity index (χ0) is 29.3. The molecule has 0 aromatic heterocycles. The van der Waals surface area contributed by atoms with E-state index in [9.17, 15) is 50.4 Å². The van der Waals surface area contributed by atoms with Crippen molar-refractivity contribution in [2.24, 2.45) is 0 Å². The molecule has 0 saturated carbocycles. The average Bonchev–Trinajstić information content (AvgIpc) is 2.92. The smallest absolute Gasteiger partial charge is 0.201 e. The van der Waals surface area contributed by atoms with Crippen LogP contribution in [-0.2, 0) is 0 Å². The highest BCUT2D eigenvalue weighted by atomic mass is 16.3. The van der Waals surface area contributed by atoms with E-state index in [0.717, 1.165) is 6.07 Å². The minimum Gasteiger partial charge on any atom is -0.507 e. The monoisotopic (exact) mass is 550 g/mol. The Morgan fingerprint density at radius 1 is 0.341 bits per heavy atom. The van der Waals surface area contributed by atoms with Gasteiger partial charge < -0.3 is 40.9 Å². The molecule has 0 amide bonds. The van der Waals surface area contributed by atoms with Crippen LogP contribution < -0.4 is 10.9 Å². The van der Waals surface area contributed by atoms with Crippen molar-refractivity contribution < 1.29 is 40.9 Å². The normalized spacial score (nSPS) is 12.8. The van der Waals surface area contributed by atoms with Gasteiger partial charge in [-0.25, -0.2) is 0 Å². The molecule has 0 heterocycles. The van der Waals surface area contributed by atoms with Crippen molar-refractivity contribution in [1.29, 1.82) is 0 Å². The summed E-state index contributed by atoms with van der Waals surface area (Å²) in [6.07, 6.45) is 0. The molecule has 0 aliphatic heterocycles. The number of phenolic OH excluding ortho intramolecular Hbond substituents is 8. The minimum atomic E-state index is -0.843. The lowest BCUT2D eigenvalue weighted by molar-refractivity contribution is 0.447. The fraction of sp³-hybridized carbons (Fsp3) is 0.0968. The van der Waals surface area contributed by atoms with E-state index in [-0.39, 0.29) is 92.1 Å². The molecule has 0 aliphatic carbocycles. The van der Waals surface area contributed by atoms with Crippen LogP contribution in [0.25, 0.3) is 75.4 Å². The molecule has 8 aromatic carbocycles. The van der Waals surface area contributed by atoms with Gasteiger partial charge in [0.15, 0.2) is 0 Å². The van der Waals surface area contributed by atoms with E-state index in [1.165, 1.54) is 20.8 Å². The van der Waals surface area contributed by atoms with Gasteiger partial charge in [-0.05, 0) is 20.8 Å². The molecule has 10 nitrogen and oxygen atoms in total. The number of fused-ring (bicyclic) bond motifs is 2. The van der Waals surface area contributed by atoms with E-state index in [0.29, 0.717) is 0 Å². The highest BCUT2D eigenvalue weighted by Gasteiger charge is 2.35. The van der Waals surface area contributed by atoms with Crippen molar-refractivity contribution in [2.45, 2.75) is 20.8 Å². The van der Waals surface area contributed by atoms with Gasteiger partial charge in [0.1, 0.15) is 46.0 Å². The number of phenols is 8. The van der Waals surface area contributed by atoms with Gasteiger partial charge in [0, 0.05) is 76.6 Å². The predicted octanol–water partition coefficient (Wildman–Crippen LogP) is 4.80. The Hall–Kier alpha value is -5.64. The van der Waals surface area contributed by atoms with Gasteiger partial charge in [0.25, 0.3) is 0 Å². The summed E-state index contributed by atoms with van der Waals surface area (Å²) in [5.74, 6) is -4.42. The molecular formula is C31H18O10. The van der Waals surface area contributed by atoms with Crippen LogP contribution in [0.15, 0.2) is 15.7 Å². The maximum Gasteiger partial charge on any atom is 0.201 e. The molecule has 0 unspecified atom stereocenters. The molecule has 0 fully saturated rings. The molecule has 41 heavy (non-hydrogen) atoms. The third kappa shape index (κ3) is 2.12. The topological polar surface area (TPSA) is 196 Å². The second-order valence-corrected chi connectivity index (χ2v) is 10.8. The first-order chi connectivity index (χ1) is 19.3. The summed E-state index contributed by atoms with van der Waals surface area (Å²) in [7, 11) is 0. The van der Waals surface area contributed by atoms with E-state index in [2.05, 4.69) is 0 Å². The van der Waals surface area contributed by atoms with Crippen LogP contribution in [0, 0.1) is 20.8 Å². The molecule has 0 saturated heterocycles. The fourth-order valence-corrected chi connectivity index (χ4v) is 7.08. The molecule has 8 N–H and O–H groups in total. The Bertz CT molecular complexity index is 2670. The lowest BCUT2D eigenvalue weighted by atomic mass is 9.77. The summed E-state index contributed by atoms with van der Waals surface area (Å²) >= 11 is 0. The van der Waals surface area contributed by atoms with Gasteiger partial charge in [-0.15, -0.1) is 0 Å². The van der Waals surface area contributed by atoms with E-state index in [1.807, 2.05) is 0 Å². The number of rotatable bonds is 0. The number of aromatic hydroxyl groups is 8. The molecule has 0 atom stereocenters. The summed E-state index contributed by atoms with van der Waals surface area (Å²) in [4.78, 5) is 28.2. The van der Waals surface area contributed by atoms with Crippen molar-refractivity contribution in [3.05, 3.63) is 43.2 Å². The van der Waals surface area contributed by atoms with E-state index < -0.39 is 56.9 Å². The van der Waals surface area contributed by atoms with Gasteiger partial charge in [0.2, 0.25) is 10.9 Å². The summed E-state index contributed by atoms with van der Waals surface area (Å²) in [6.45, 7) is 4.06. The average molecular weight is 550 g/mol. The minimum absolute atomic E-state index is 0.0328. The van der Waals surface area contributed by atoms with Gasteiger partial charge in [-0.1, -0.05) is 0 Å². The SMILES string of the molecule is Cc1c(O)c2c(=O)c3c(O)cc(O)c4c5c(O)c(C)c(O)c6c(=O)c7c(O)c(C)c(O)c8c(c1O)c2c(c34)c(c65)c78. The predicted molar refractivity (Wildman–Crippen MR) is 154 cm³/mol. The summed E-state index contributed by atoms with van der Waals surface area (Å²) < 4.78 is 0. The van der Waals surface area contributed by atoms with Crippen LogP contribution in [0.1, 0.15) is 16.7 Å². The highest BCUT2D eigenvalue weighted by molar-refractivity contribution is 6.51. The number of benzene rings is 8. The van der Waals surface area contributed by atoms with Crippen molar-refractivity contribution in [1.82, 2.24) is 0 Å². The van der Waals surface area contributed by atoms with Gasteiger partial charge in [0.05, 0.1) is 21.5 Å². The summed E-state index contributed by atoms with van der Waals surface area (Å²) in [6, 6.07) is 0.912. The maximum absolute atomic E-state index is 14.1. The van der Waals surface area contributed by atoms with Crippen LogP contribution in [0.3, 0.4) is 0 Å². The quantitative estimate of drug-likeness (QED) is 0.0959. The maximum atomic E-state index is 14.1. The van der Waals surface area contributed by atoms with Gasteiger partial charge >= 0.3 is 0 Å². The van der Waals surface area contributed by atoms with Crippen molar-refractivity contribution in [2.75, 3.05) is 0 Å². The Morgan fingerprint density at radius 3 is 0.976 bits per heavy atom. The van der Waals surface area contributed by atoms with Crippen LogP contribution in [0.2, 0.25) is 0 Å². The first kappa shape index (κ1) is 23.3. The molecule has 202 valence electrons. The van der Waals surface area contributed by atoms with Crippen molar-refractivity contribution >= 4 is 75.4 Å². The largest absolute Gasteiger partial charge is 0.507 e. The second kappa shape index (κ2) is 6.56. The van der Waals surface area contributed by atoms with Crippen LogP contribution in [0.5, 0.6) is 46.0 Å². The third-order valence-electron chi connectivity index (χ3n) is 9.00. The van der Waals surface area contributed by atoms with Crippen LogP contribution >= 0.6 is 0 Å². The van der Waals surface area contributed by atoms with Crippen LogP contribution in [0.4, 0.5) is 0 Å². The molecule has 0 radical (unpaired) electrons. The first-order valence-corrected chi connectivity index (χ1v) is 12.5. The Morgan fingerprint density at radius 2 is 0.585 bits per heavy atom. The third-order valence-corrected chi connectivity index (χ3v) is 9.00. The van der Waals surface area contributed by atoms with Crippen molar-refractivity contribution in [3.63, 3.8) is 0 Å². The van der Waals surface area contributed by atoms with Crippen molar-refractivity contribution in [3.8, 4) is 46.0 Å².